The lowest BCUT2D eigenvalue weighted by Gasteiger charge is -2.34. The minimum Gasteiger partial charge on any atom is -0.375 e. The smallest absolute Gasteiger partial charge is 0.259 e. The van der Waals surface area contributed by atoms with E-state index in [4.69, 9.17) is 14.7 Å². The van der Waals surface area contributed by atoms with E-state index in [2.05, 4.69) is 64.3 Å². The van der Waals surface area contributed by atoms with Crippen molar-refractivity contribution in [2.45, 2.75) is 39.3 Å². The van der Waals surface area contributed by atoms with Crippen molar-refractivity contribution in [1.82, 2.24) is 19.9 Å². The van der Waals surface area contributed by atoms with E-state index < -0.39 is 0 Å². The third-order valence-electron chi connectivity index (χ3n) is 7.50. The molecule has 2 N–H and O–H groups in total. The zero-order valence-electron chi connectivity index (χ0n) is 22.0. The Morgan fingerprint density at radius 2 is 1.97 bits per heavy atom. The van der Waals surface area contributed by atoms with Gasteiger partial charge >= 0.3 is 0 Å². The van der Waals surface area contributed by atoms with Gasteiger partial charge in [0.25, 0.3) is 5.56 Å². The Balaban J connectivity index is 1.30. The van der Waals surface area contributed by atoms with E-state index in [9.17, 15) is 4.79 Å². The van der Waals surface area contributed by atoms with Crippen LogP contribution in [-0.4, -0.2) is 58.7 Å². The highest BCUT2D eigenvalue weighted by Crippen LogP contribution is 2.30. The standard InChI is InChI=1S/C30H34N6O2/c1-20-15-24(7-8-27(20)36-13-14-38-21(2)18-36)33-29-28-22(9-10-31-30(28)37)16-26(34-29)23-5-6-25(32-17-23)19-35-11-3-4-12-35/h5-10,15-17,21H,3-4,11-14,18-19H2,1-2H3,(H,31,37)(H,33,34)/t21-/m1/s1. The number of fused-ring (bicyclic) bond motifs is 1. The topological polar surface area (TPSA) is 86.4 Å². The first-order valence-corrected chi connectivity index (χ1v) is 13.5. The zero-order chi connectivity index (χ0) is 26.1. The van der Waals surface area contributed by atoms with Gasteiger partial charge in [-0.25, -0.2) is 4.98 Å². The van der Waals surface area contributed by atoms with Crippen LogP contribution in [0.3, 0.4) is 0 Å². The van der Waals surface area contributed by atoms with Crippen LogP contribution in [-0.2, 0) is 11.3 Å². The first-order chi connectivity index (χ1) is 18.5. The second-order valence-corrected chi connectivity index (χ2v) is 10.4. The monoisotopic (exact) mass is 510 g/mol. The summed E-state index contributed by atoms with van der Waals surface area (Å²) in [5.41, 5.74) is 5.86. The summed E-state index contributed by atoms with van der Waals surface area (Å²) < 4.78 is 5.71. The number of rotatable bonds is 6. The third kappa shape index (κ3) is 5.14. The van der Waals surface area contributed by atoms with Crippen molar-refractivity contribution in [2.24, 2.45) is 0 Å². The molecule has 2 aliphatic heterocycles. The molecule has 0 unspecified atom stereocenters. The van der Waals surface area contributed by atoms with E-state index >= 15 is 0 Å². The number of H-pyrrole nitrogens is 1. The highest BCUT2D eigenvalue weighted by atomic mass is 16.5. The van der Waals surface area contributed by atoms with Crippen LogP contribution < -0.4 is 15.8 Å². The van der Waals surface area contributed by atoms with Gasteiger partial charge in [-0.3, -0.25) is 14.7 Å². The van der Waals surface area contributed by atoms with Gasteiger partial charge in [0, 0.05) is 49.0 Å². The largest absolute Gasteiger partial charge is 0.375 e. The maximum atomic E-state index is 12.8. The van der Waals surface area contributed by atoms with Gasteiger partial charge in [-0.1, -0.05) is 0 Å². The molecule has 38 heavy (non-hydrogen) atoms. The molecule has 8 nitrogen and oxygen atoms in total. The predicted molar refractivity (Wildman–Crippen MR) is 152 cm³/mol. The molecule has 196 valence electrons. The van der Waals surface area contributed by atoms with Crippen LogP contribution in [0, 0.1) is 6.92 Å². The quantitative estimate of drug-likeness (QED) is 0.383. The van der Waals surface area contributed by atoms with Crippen LogP contribution in [0.4, 0.5) is 17.2 Å². The Kier molecular flexibility index (Phi) is 6.82. The summed E-state index contributed by atoms with van der Waals surface area (Å²) >= 11 is 0. The molecule has 2 saturated heterocycles. The van der Waals surface area contributed by atoms with Gasteiger partial charge in [0.05, 0.1) is 29.5 Å². The molecule has 1 atom stereocenters. The number of aryl methyl sites for hydroxylation is 1. The molecule has 0 bridgehead atoms. The number of hydrogen-bond acceptors (Lipinski definition) is 7. The van der Waals surface area contributed by atoms with Crippen molar-refractivity contribution >= 4 is 28.0 Å². The molecule has 3 aromatic heterocycles. The lowest BCUT2D eigenvalue weighted by molar-refractivity contribution is 0.0532. The van der Waals surface area contributed by atoms with E-state index in [1.54, 1.807) is 6.20 Å². The van der Waals surface area contributed by atoms with E-state index in [0.29, 0.717) is 11.2 Å². The van der Waals surface area contributed by atoms with E-state index in [1.807, 2.05) is 18.3 Å². The van der Waals surface area contributed by atoms with Gasteiger partial charge in [-0.2, -0.15) is 0 Å². The minimum absolute atomic E-state index is 0.168. The van der Waals surface area contributed by atoms with Gasteiger partial charge in [0.15, 0.2) is 0 Å². The Morgan fingerprint density at radius 3 is 2.74 bits per heavy atom. The number of aromatic nitrogens is 3. The van der Waals surface area contributed by atoms with Crippen molar-refractivity contribution in [3.05, 3.63) is 76.5 Å². The van der Waals surface area contributed by atoms with Gasteiger partial charge in [-0.15, -0.1) is 0 Å². The number of hydrogen-bond donors (Lipinski definition) is 2. The van der Waals surface area contributed by atoms with Gasteiger partial charge < -0.3 is 19.9 Å². The zero-order valence-corrected chi connectivity index (χ0v) is 22.0. The Bertz CT molecular complexity index is 1490. The number of ether oxygens (including phenoxy) is 1. The molecular weight excluding hydrogens is 476 g/mol. The summed E-state index contributed by atoms with van der Waals surface area (Å²) in [6, 6.07) is 14.3. The molecule has 2 fully saturated rings. The van der Waals surface area contributed by atoms with Crippen molar-refractivity contribution < 1.29 is 4.74 Å². The minimum atomic E-state index is -0.168. The number of morpholine rings is 1. The van der Waals surface area contributed by atoms with Crippen LogP contribution in [0.1, 0.15) is 31.0 Å². The SMILES string of the molecule is Cc1cc(Nc2nc(-c3ccc(CN4CCCC4)nc3)cc3cc[nH]c(=O)c23)ccc1N1CCO[C@H](C)C1. The number of nitrogens with zero attached hydrogens (tertiary/aromatic N) is 4. The van der Waals surface area contributed by atoms with Gasteiger partial charge in [0.2, 0.25) is 0 Å². The Hall–Kier alpha value is -3.75. The van der Waals surface area contributed by atoms with Crippen LogP contribution >= 0.6 is 0 Å². The van der Waals surface area contributed by atoms with Crippen molar-refractivity contribution in [2.75, 3.05) is 43.0 Å². The van der Waals surface area contributed by atoms with Crippen LogP contribution in [0.25, 0.3) is 22.0 Å². The first kappa shape index (κ1) is 24.6. The second kappa shape index (κ2) is 10.6. The van der Waals surface area contributed by atoms with Crippen LogP contribution in [0.5, 0.6) is 0 Å². The maximum absolute atomic E-state index is 12.8. The van der Waals surface area contributed by atoms with Crippen molar-refractivity contribution in [1.29, 1.82) is 0 Å². The average molecular weight is 511 g/mol. The molecule has 0 spiro atoms. The maximum Gasteiger partial charge on any atom is 0.259 e. The second-order valence-electron chi connectivity index (χ2n) is 10.4. The average Bonchev–Trinajstić information content (AvgIpc) is 3.42. The number of nitrogens with one attached hydrogen (secondary N) is 2. The molecule has 0 radical (unpaired) electrons. The number of anilines is 3. The molecular formula is C30H34N6O2. The van der Waals surface area contributed by atoms with Crippen molar-refractivity contribution in [3.8, 4) is 11.3 Å². The summed E-state index contributed by atoms with van der Waals surface area (Å²) in [5, 5.41) is 4.81. The fourth-order valence-electron chi connectivity index (χ4n) is 5.55. The summed E-state index contributed by atoms with van der Waals surface area (Å²) in [7, 11) is 0. The number of likely N-dealkylation sites (tertiary alicyclic amines) is 1. The molecule has 6 rings (SSSR count). The molecule has 4 aromatic rings. The lowest BCUT2D eigenvalue weighted by atomic mass is 10.1. The molecule has 1 aromatic carbocycles. The number of benzene rings is 1. The van der Waals surface area contributed by atoms with Crippen molar-refractivity contribution in [3.63, 3.8) is 0 Å². The van der Waals surface area contributed by atoms with E-state index in [1.165, 1.54) is 18.5 Å². The summed E-state index contributed by atoms with van der Waals surface area (Å²) in [6.07, 6.45) is 6.32. The predicted octanol–water partition coefficient (Wildman–Crippen LogP) is 4.86. The molecule has 0 amide bonds. The van der Waals surface area contributed by atoms with E-state index in [0.717, 1.165) is 72.9 Å². The molecule has 5 heterocycles. The normalized spacial score (nSPS) is 18.3. The third-order valence-corrected chi connectivity index (χ3v) is 7.50. The molecule has 2 aliphatic rings. The van der Waals surface area contributed by atoms with E-state index in [-0.39, 0.29) is 11.7 Å². The Morgan fingerprint density at radius 1 is 1.11 bits per heavy atom. The Labute approximate surface area is 222 Å². The molecule has 0 saturated carbocycles. The summed E-state index contributed by atoms with van der Waals surface area (Å²) in [5.74, 6) is 0.535. The fourth-order valence-corrected chi connectivity index (χ4v) is 5.55. The van der Waals surface area contributed by atoms with Crippen LogP contribution in [0.2, 0.25) is 0 Å². The number of aromatic amines is 1. The number of pyridine rings is 3. The first-order valence-electron chi connectivity index (χ1n) is 13.5. The summed E-state index contributed by atoms with van der Waals surface area (Å²) in [6.45, 7) is 9.89. The lowest BCUT2D eigenvalue weighted by Crippen LogP contribution is -2.41. The highest BCUT2D eigenvalue weighted by Gasteiger charge is 2.19. The fraction of sp³-hybridized carbons (Fsp3) is 0.367. The van der Waals surface area contributed by atoms with Crippen LogP contribution in [0.15, 0.2) is 59.7 Å². The van der Waals surface area contributed by atoms with Gasteiger partial charge in [-0.05, 0) is 93.2 Å². The summed E-state index contributed by atoms with van der Waals surface area (Å²) in [4.78, 5) is 30.1. The van der Waals surface area contributed by atoms with Gasteiger partial charge in [0.1, 0.15) is 5.82 Å². The highest BCUT2D eigenvalue weighted by molar-refractivity contribution is 5.95. The molecule has 8 heteroatoms. The molecule has 0 aliphatic carbocycles.